The molecule has 1 aromatic carbocycles. The monoisotopic (exact) mass is 255 g/mol. The zero-order valence-corrected chi connectivity index (χ0v) is 9.42. The summed E-state index contributed by atoms with van der Waals surface area (Å²) >= 11 is 0. The lowest BCUT2D eigenvalue weighted by Crippen LogP contribution is -2.05. The van der Waals surface area contributed by atoms with Gasteiger partial charge in [-0.1, -0.05) is 12.2 Å². The van der Waals surface area contributed by atoms with Gasteiger partial charge >= 0.3 is 11.7 Å². The van der Waals surface area contributed by atoms with Crippen molar-refractivity contribution < 1.29 is 24.0 Å². The molecule has 1 rings (SSSR count). The Bertz CT molecular complexity index is 512. The number of benzene rings is 1. The predicted octanol–water partition coefficient (Wildman–Crippen LogP) is 2.39. The van der Waals surface area contributed by atoms with Crippen molar-refractivity contribution in [1.29, 1.82) is 0 Å². The Morgan fingerprint density at radius 1 is 1.61 bits per heavy atom. The second-order valence-corrected chi connectivity index (χ2v) is 3.24. The summed E-state index contributed by atoms with van der Waals surface area (Å²) in [5.74, 6) is -2.96. The zero-order valence-electron chi connectivity index (χ0n) is 9.42. The maximum Gasteiger partial charge on any atom is 0.338 e. The Labute approximate surface area is 101 Å². The number of hydrogen-bond acceptors (Lipinski definition) is 4. The lowest BCUT2D eigenvalue weighted by atomic mass is 10.1. The van der Waals surface area contributed by atoms with Crippen molar-refractivity contribution in [3.05, 3.63) is 45.8 Å². The standard InChI is InChI=1S/C11H10FNO5/c1-2-3-4-18-10-6-8(12)7(11(14)15)5-9(10)13(16)17/h2-3,5-6H,4H2,1H3,(H,14,15)/b3-2+. The highest BCUT2D eigenvalue weighted by atomic mass is 19.1. The van der Waals surface area contributed by atoms with Crippen molar-refractivity contribution in [3.8, 4) is 5.75 Å². The van der Waals surface area contributed by atoms with Crippen LogP contribution in [-0.2, 0) is 0 Å². The number of nitrogens with zero attached hydrogens (tertiary/aromatic N) is 1. The number of halogens is 1. The van der Waals surface area contributed by atoms with Crippen molar-refractivity contribution in [3.63, 3.8) is 0 Å². The van der Waals surface area contributed by atoms with Gasteiger partial charge in [0.2, 0.25) is 0 Å². The molecule has 0 heterocycles. The van der Waals surface area contributed by atoms with Crippen molar-refractivity contribution >= 4 is 11.7 Å². The van der Waals surface area contributed by atoms with Crippen molar-refractivity contribution in [2.24, 2.45) is 0 Å². The predicted molar refractivity (Wildman–Crippen MR) is 60.3 cm³/mol. The quantitative estimate of drug-likeness (QED) is 0.495. The summed E-state index contributed by atoms with van der Waals surface area (Å²) in [6, 6.07) is 1.34. The van der Waals surface area contributed by atoms with Gasteiger partial charge in [0, 0.05) is 12.1 Å². The van der Waals surface area contributed by atoms with Crippen LogP contribution in [0, 0.1) is 15.9 Å². The summed E-state index contributed by atoms with van der Waals surface area (Å²) in [6.07, 6.45) is 3.24. The second-order valence-electron chi connectivity index (χ2n) is 3.24. The van der Waals surface area contributed by atoms with E-state index in [2.05, 4.69) is 0 Å². The van der Waals surface area contributed by atoms with Gasteiger partial charge in [-0.05, 0) is 6.92 Å². The molecule has 0 aliphatic rings. The molecule has 0 fully saturated rings. The minimum absolute atomic E-state index is 0.0310. The highest BCUT2D eigenvalue weighted by Gasteiger charge is 2.22. The van der Waals surface area contributed by atoms with E-state index in [1.54, 1.807) is 19.1 Å². The molecule has 0 atom stereocenters. The molecule has 0 bridgehead atoms. The van der Waals surface area contributed by atoms with Crippen LogP contribution in [0.5, 0.6) is 5.75 Å². The third kappa shape index (κ3) is 3.03. The molecule has 6 nitrogen and oxygen atoms in total. The average molecular weight is 255 g/mol. The highest BCUT2D eigenvalue weighted by molar-refractivity contribution is 5.89. The number of ether oxygens (including phenoxy) is 1. The van der Waals surface area contributed by atoms with Gasteiger partial charge in [-0.15, -0.1) is 0 Å². The smallest absolute Gasteiger partial charge is 0.338 e. The molecular formula is C11H10FNO5. The third-order valence-corrected chi connectivity index (χ3v) is 2.05. The molecule has 7 heteroatoms. The first-order valence-corrected chi connectivity index (χ1v) is 4.92. The van der Waals surface area contributed by atoms with Gasteiger partial charge in [-0.25, -0.2) is 9.18 Å². The molecule has 0 saturated heterocycles. The molecule has 18 heavy (non-hydrogen) atoms. The number of carboxylic acids is 1. The summed E-state index contributed by atoms with van der Waals surface area (Å²) < 4.78 is 18.3. The van der Waals surface area contributed by atoms with Gasteiger partial charge in [0.1, 0.15) is 18.0 Å². The Balaban J connectivity index is 3.20. The fourth-order valence-electron chi connectivity index (χ4n) is 1.20. The molecule has 0 radical (unpaired) electrons. The topological polar surface area (TPSA) is 89.7 Å². The molecule has 0 unspecified atom stereocenters. The highest BCUT2D eigenvalue weighted by Crippen LogP contribution is 2.30. The number of carboxylic acid groups (broad SMARTS) is 1. The fraction of sp³-hybridized carbons (Fsp3) is 0.182. The minimum atomic E-state index is -1.57. The Kier molecular flexibility index (Phi) is 4.36. The first-order valence-electron chi connectivity index (χ1n) is 4.92. The minimum Gasteiger partial charge on any atom is -0.483 e. The Morgan fingerprint density at radius 2 is 2.28 bits per heavy atom. The largest absolute Gasteiger partial charge is 0.483 e. The first-order chi connectivity index (χ1) is 8.47. The second kappa shape index (κ2) is 5.76. The molecule has 96 valence electrons. The van der Waals surface area contributed by atoms with Gasteiger partial charge in [0.15, 0.2) is 5.75 Å². The summed E-state index contributed by atoms with van der Waals surface area (Å²) in [4.78, 5) is 20.6. The number of aromatic carboxylic acids is 1. The van der Waals surface area contributed by atoms with Crippen LogP contribution in [0.1, 0.15) is 17.3 Å². The molecule has 1 N–H and O–H groups in total. The van der Waals surface area contributed by atoms with Crippen LogP contribution in [0.4, 0.5) is 10.1 Å². The molecule has 0 saturated carbocycles. The molecular weight excluding hydrogens is 245 g/mol. The maximum absolute atomic E-state index is 13.4. The van der Waals surface area contributed by atoms with Crippen molar-refractivity contribution in [2.45, 2.75) is 6.92 Å². The van der Waals surface area contributed by atoms with Crippen LogP contribution in [-0.4, -0.2) is 22.6 Å². The zero-order chi connectivity index (χ0) is 13.7. The lowest BCUT2D eigenvalue weighted by Gasteiger charge is -2.06. The summed E-state index contributed by atoms with van der Waals surface area (Å²) in [5, 5.41) is 19.4. The molecule has 0 aliphatic carbocycles. The van der Waals surface area contributed by atoms with E-state index in [1.165, 1.54) is 0 Å². The van der Waals surface area contributed by atoms with Gasteiger partial charge in [0.05, 0.1) is 4.92 Å². The van der Waals surface area contributed by atoms with Gasteiger partial charge in [-0.3, -0.25) is 10.1 Å². The Morgan fingerprint density at radius 3 is 2.78 bits per heavy atom. The molecule has 0 spiro atoms. The van der Waals surface area contributed by atoms with E-state index in [0.29, 0.717) is 12.1 Å². The van der Waals surface area contributed by atoms with E-state index in [9.17, 15) is 19.3 Å². The number of rotatable bonds is 5. The van der Waals surface area contributed by atoms with E-state index in [0.717, 1.165) is 0 Å². The third-order valence-electron chi connectivity index (χ3n) is 2.05. The average Bonchev–Trinajstić information content (AvgIpc) is 2.28. The molecule has 0 amide bonds. The fourth-order valence-corrected chi connectivity index (χ4v) is 1.20. The maximum atomic E-state index is 13.4. The number of nitro benzene ring substituents is 1. The van der Waals surface area contributed by atoms with Crippen LogP contribution in [0.3, 0.4) is 0 Å². The van der Waals surface area contributed by atoms with Gasteiger partial charge in [-0.2, -0.15) is 0 Å². The summed E-state index contributed by atoms with van der Waals surface area (Å²) in [5.41, 5.74) is -1.35. The van der Waals surface area contributed by atoms with Crippen LogP contribution in [0.2, 0.25) is 0 Å². The molecule has 0 aliphatic heterocycles. The Hall–Kier alpha value is -2.44. The van der Waals surface area contributed by atoms with E-state index < -0.39 is 28.0 Å². The molecule has 0 aromatic heterocycles. The van der Waals surface area contributed by atoms with E-state index in [1.807, 2.05) is 0 Å². The summed E-state index contributed by atoms with van der Waals surface area (Å²) in [7, 11) is 0. The van der Waals surface area contributed by atoms with Gasteiger partial charge < -0.3 is 9.84 Å². The van der Waals surface area contributed by atoms with Crippen LogP contribution in [0.15, 0.2) is 24.3 Å². The number of hydrogen-bond donors (Lipinski definition) is 1. The van der Waals surface area contributed by atoms with E-state index in [4.69, 9.17) is 9.84 Å². The lowest BCUT2D eigenvalue weighted by molar-refractivity contribution is -0.385. The number of nitro groups is 1. The summed E-state index contributed by atoms with van der Waals surface area (Å²) in [6.45, 7) is 1.76. The van der Waals surface area contributed by atoms with E-state index >= 15 is 0 Å². The number of allylic oxidation sites excluding steroid dienone is 1. The van der Waals surface area contributed by atoms with Crippen molar-refractivity contribution in [1.82, 2.24) is 0 Å². The van der Waals surface area contributed by atoms with E-state index in [-0.39, 0.29) is 12.4 Å². The number of carbonyl (C=O) groups is 1. The van der Waals surface area contributed by atoms with Crippen LogP contribution in [0.25, 0.3) is 0 Å². The van der Waals surface area contributed by atoms with Crippen molar-refractivity contribution in [2.75, 3.05) is 6.61 Å². The first kappa shape index (κ1) is 13.6. The molecule has 1 aromatic rings. The normalized spacial score (nSPS) is 10.6. The van der Waals surface area contributed by atoms with Gasteiger partial charge in [0.25, 0.3) is 0 Å². The SMILES string of the molecule is C/C=C/COc1cc(F)c(C(=O)O)cc1[N+](=O)[O-]. The van der Waals surface area contributed by atoms with Crippen LogP contribution >= 0.6 is 0 Å². The van der Waals surface area contributed by atoms with Crippen LogP contribution < -0.4 is 4.74 Å².